The van der Waals surface area contributed by atoms with Crippen LogP contribution in [0.2, 0.25) is 0 Å². The summed E-state index contributed by atoms with van der Waals surface area (Å²) in [6.45, 7) is 9.23. The Morgan fingerprint density at radius 2 is 1.82 bits per heavy atom. The summed E-state index contributed by atoms with van der Waals surface area (Å²) < 4.78 is 12.2. The van der Waals surface area contributed by atoms with E-state index in [0.29, 0.717) is 16.7 Å². The highest BCUT2D eigenvalue weighted by Gasteiger charge is 2.61. The Balaban J connectivity index is 1.31. The zero-order valence-corrected chi connectivity index (χ0v) is 29.1. The quantitative estimate of drug-likeness (QED) is 0.157. The van der Waals surface area contributed by atoms with Gasteiger partial charge in [0.05, 0.1) is 22.5 Å². The molecule has 2 saturated carbocycles. The molecule has 5 atom stereocenters. The number of amides is 4. The van der Waals surface area contributed by atoms with E-state index in [2.05, 4.69) is 22.5 Å². The molecule has 0 bridgehead atoms. The van der Waals surface area contributed by atoms with E-state index in [4.69, 9.17) is 24.7 Å². The average Bonchev–Trinajstić information content (AvgIpc) is 3.57. The zero-order chi connectivity index (χ0) is 35.6. The standard InChI is InChI=1S/C36H41N7O6S/c1-5-21-18-36(21,33(46)38-20-37)42-30(44)26-17-23(48-31-28(27-15-10-16-50-27)39-24-13-8-9-14-25(24)40-31)19-43(26)32(45)29(35(2,3)4)41-34(47)49-22-11-6-7-12-22/h5,8-10,13-16,21-23,26,29H,1,6-7,11-12,17-19H2,2-4H3,(H,38,46)(H,41,47)(H,42,44)/t21?,23-,26+,29+,36-/m1/s1. The third kappa shape index (κ3) is 7.14. The van der Waals surface area contributed by atoms with Crippen molar-refractivity contribution < 1.29 is 28.7 Å². The summed E-state index contributed by atoms with van der Waals surface area (Å²) >= 11 is 1.48. The van der Waals surface area contributed by atoms with Crippen LogP contribution in [-0.4, -0.2) is 75.1 Å². The summed E-state index contributed by atoms with van der Waals surface area (Å²) in [4.78, 5) is 66.5. The first-order chi connectivity index (χ1) is 23.9. The van der Waals surface area contributed by atoms with Crippen molar-refractivity contribution in [3.63, 3.8) is 0 Å². The second kappa shape index (κ2) is 14.1. The van der Waals surface area contributed by atoms with Gasteiger partial charge >= 0.3 is 6.09 Å². The van der Waals surface area contributed by atoms with Gasteiger partial charge in [-0.25, -0.2) is 14.8 Å². The van der Waals surface area contributed by atoms with Crippen LogP contribution in [0.4, 0.5) is 4.79 Å². The second-order valence-electron chi connectivity index (χ2n) is 14.2. The minimum absolute atomic E-state index is 0.0104. The molecular weight excluding hydrogens is 659 g/mol. The molecule has 1 unspecified atom stereocenters. The molecule has 1 aliphatic heterocycles. The average molecular weight is 700 g/mol. The normalized spacial score (nSPS) is 23.8. The zero-order valence-electron chi connectivity index (χ0n) is 28.3. The van der Waals surface area contributed by atoms with Crippen molar-refractivity contribution in [1.29, 1.82) is 5.26 Å². The molecule has 3 aromatic rings. The van der Waals surface area contributed by atoms with Crippen LogP contribution < -0.4 is 20.7 Å². The van der Waals surface area contributed by atoms with Gasteiger partial charge in [-0.3, -0.25) is 19.7 Å². The number of ether oxygens (including phenoxy) is 2. The number of carbonyl (C=O) groups excluding carboxylic acids is 4. The second-order valence-corrected chi connectivity index (χ2v) is 15.1. The van der Waals surface area contributed by atoms with Gasteiger partial charge < -0.3 is 25.0 Å². The highest BCUT2D eigenvalue weighted by molar-refractivity contribution is 7.13. The summed E-state index contributed by atoms with van der Waals surface area (Å²) in [6.07, 6.45) is 5.40. The van der Waals surface area contributed by atoms with Crippen LogP contribution in [-0.2, 0) is 19.1 Å². The fourth-order valence-electron chi connectivity index (χ4n) is 6.80. The summed E-state index contributed by atoms with van der Waals surface area (Å²) in [5, 5.41) is 18.8. The van der Waals surface area contributed by atoms with Crippen LogP contribution in [0.5, 0.6) is 5.88 Å². The van der Waals surface area contributed by atoms with Crippen LogP contribution in [0.3, 0.4) is 0 Å². The van der Waals surface area contributed by atoms with E-state index in [-0.39, 0.29) is 31.4 Å². The number of hydrogen-bond acceptors (Lipinski definition) is 10. The Morgan fingerprint density at radius 1 is 1.10 bits per heavy atom. The number of nitrogens with zero attached hydrogens (tertiary/aromatic N) is 4. The first-order valence-electron chi connectivity index (χ1n) is 16.8. The minimum Gasteiger partial charge on any atom is -0.471 e. The Kier molecular flexibility index (Phi) is 9.80. The van der Waals surface area contributed by atoms with Gasteiger partial charge in [-0.05, 0) is 61.1 Å². The summed E-state index contributed by atoms with van der Waals surface area (Å²) in [7, 11) is 0. The number of aromatic nitrogens is 2. The van der Waals surface area contributed by atoms with Gasteiger partial charge in [-0.1, -0.05) is 45.0 Å². The number of likely N-dealkylation sites (tertiary alicyclic amines) is 1. The van der Waals surface area contributed by atoms with Gasteiger partial charge in [0.25, 0.3) is 5.91 Å². The molecule has 3 fully saturated rings. The number of thiophene rings is 1. The first-order valence-corrected chi connectivity index (χ1v) is 17.7. The maximum absolute atomic E-state index is 14.5. The predicted molar refractivity (Wildman–Crippen MR) is 185 cm³/mol. The van der Waals surface area contributed by atoms with Crippen molar-refractivity contribution in [3.05, 3.63) is 54.4 Å². The lowest BCUT2D eigenvalue weighted by atomic mass is 9.85. The summed E-state index contributed by atoms with van der Waals surface area (Å²) in [6, 6.07) is 9.11. The molecule has 14 heteroatoms. The smallest absolute Gasteiger partial charge is 0.408 e. The molecule has 3 N–H and O–H groups in total. The highest BCUT2D eigenvalue weighted by atomic mass is 32.1. The molecule has 262 valence electrons. The number of nitrogens with one attached hydrogen (secondary N) is 3. The van der Waals surface area contributed by atoms with Gasteiger partial charge in [0.1, 0.15) is 35.5 Å². The van der Waals surface area contributed by atoms with Crippen molar-refractivity contribution in [2.75, 3.05) is 6.54 Å². The first kappa shape index (κ1) is 34.8. The van der Waals surface area contributed by atoms with Crippen LogP contribution in [0.15, 0.2) is 54.4 Å². The molecule has 13 nitrogen and oxygen atoms in total. The fraction of sp³-hybridized carbons (Fsp3) is 0.472. The fourth-order valence-corrected chi connectivity index (χ4v) is 7.50. The number of benzene rings is 1. The minimum atomic E-state index is -1.37. The third-order valence-corrected chi connectivity index (χ3v) is 10.5. The molecule has 1 aromatic carbocycles. The molecule has 6 rings (SSSR count). The van der Waals surface area contributed by atoms with Crippen LogP contribution in [0.1, 0.15) is 59.3 Å². The number of alkyl carbamates (subject to hydrolysis) is 1. The molecule has 4 amide bonds. The van der Waals surface area contributed by atoms with Gasteiger partial charge in [-0.2, -0.15) is 5.26 Å². The molecule has 0 spiro atoms. The topological polar surface area (TPSA) is 176 Å². The van der Waals surface area contributed by atoms with Crippen LogP contribution in [0, 0.1) is 22.8 Å². The van der Waals surface area contributed by atoms with Crippen LogP contribution in [0.25, 0.3) is 21.6 Å². The SMILES string of the molecule is C=CC1C[C@]1(NC(=O)[C@@H]1C[C@@H](Oc2nc3ccccc3nc2-c2cccs2)CN1C(=O)[C@H](NC(=O)OC1CCCC1)C(C)(C)C)C(=O)NC#N. The van der Waals surface area contributed by atoms with Gasteiger partial charge in [0.2, 0.25) is 17.7 Å². The molecule has 1 saturated heterocycles. The van der Waals surface area contributed by atoms with Crippen LogP contribution >= 0.6 is 11.3 Å². The summed E-state index contributed by atoms with van der Waals surface area (Å²) in [5.74, 6) is -1.88. The van der Waals surface area contributed by atoms with Crippen molar-refractivity contribution in [2.45, 2.75) is 89.1 Å². The van der Waals surface area contributed by atoms with Crippen molar-refractivity contribution in [1.82, 2.24) is 30.8 Å². The molecule has 3 heterocycles. The lowest BCUT2D eigenvalue weighted by molar-refractivity contribution is -0.143. The third-order valence-electron chi connectivity index (χ3n) is 9.59. The van der Waals surface area contributed by atoms with E-state index in [1.807, 2.05) is 62.5 Å². The van der Waals surface area contributed by atoms with Crippen molar-refractivity contribution in [3.8, 4) is 22.6 Å². The van der Waals surface area contributed by atoms with Gasteiger partial charge in [0.15, 0.2) is 6.19 Å². The van der Waals surface area contributed by atoms with Gasteiger partial charge in [0, 0.05) is 12.3 Å². The number of fused-ring (bicyclic) bond motifs is 1. The highest BCUT2D eigenvalue weighted by Crippen LogP contribution is 2.45. The molecule has 0 radical (unpaired) electrons. The molecule has 2 aromatic heterocycles. The molecule has 3 aliphatic rings. The monoisotopic (exact) mass is 699 g/mol. The Morgan fingerprint density at radius 3 is 2.44 bits per heavy atom. The molecule has 2 aliphatic carbocycles. The number of carbonyl (C=O) groups is 4. The van der Waals surface area contributed by atoms with E-state index in [1.54, 1.807) is 12.3 Å². The van der Waals surface area contributed by atoms with E-state index in [9.17, 15) is 19.2 Å². The van der Waals surface area contributed by atoms with Gasteiger partial charge in [-0.15, -0.1) is 17.9 Å². The summed E-state index contributed by atoms with van der Waals surface area (Å²) in [5.41, 5.74) is -0.289. The maximum Gasteiger partial charge on any atom is 0.408 e. The van der Waals surface area contributed by atoms with E-state index < -0.39 is 58.9 Å². The number of hydrogen-bond donors (Lipinski definition) is 3. The van der Waals surface area contributed by atoms with E-state index >= 15 is 0 Å². The molecule has 50 heavy (non-hydrogen) atoms. The van der Waals surface area contributed by atoms with Crippen molar-refractivity contribution in [2.24, 2.45) is 11.3 Å². The number of nitriles is 1. The Labute approximate surface area is 294 Å². The Bertz CT molecular complexity index is 1830. The maximum atomic E-state index is 14.5. The Hall–Kier alpha value is -5.03. The van der Waals surface area contributed by atoms with E-state index in [0.717, 1.165) is 30.6 Å². The lowest BCUT2D eigenvalue weighted by Gasteiger charge is -2.35. The number of rotatable bonds is 10. The molecular formula is C36H41N7O6S. The lowest BCUT2D eigenvalue weighted by Crippen LogP contribution is -2.59. The van der Waals surface area contributed by atoms with Crippen molar-refractivity contribution >= 4 is 46.2 Å². The van der Waals surface area contributed by atoms with E-state index in [1.165, 1.54) is 16.2 Å². The number of para-hydroxylation sites is 2. The largest absolute Gasteiger partial charge is 0.471 e. The predicted octanol–water partition coefficient (Wildman–Crippen LogP) is 4.45.